The lowest BCUT2D eigenvalue weighted by atomic mass is 9.91. The Hall–Kier alpha value is -3.15. The molecule has 12 heteroatoms. The Morgan fingerprint density at radius 3 is 2.40 bits per heavy atom. The van der Waals surface area contributed by atoms with Crippen molar-refractivity contribution in [2.75, 3.05) is 39.0 Å². The molecule has 2 heterocycles. The smallest absolute Gasteiger partial charge is 0.416 e. The van der Waals surface area contributed by atoms with E-state index in [0.29, 0.717) is 11.6 Å². The van der Waals surface area contributed by atoms with E-state index in [1.807, 2.05) is 0 Å². The van der Waals surface area contributed by atoms with Gasteiger partial charge < -0.3 is 20.6 Å². The predicted molar refractivity (Wildman–Crippen MR) is 125 cm³/mol. The highest BCUT2D eigenvalue weighted by atomic mass is 19.4. The van der Waals surface area contributed by atoms with Crippen molar-refractivity contribution in [3.8, 4) is 0 Å². The third kappa shape index (κ3) is 7.41. The molecule has 3 N–H and O–H groups in total. The van der Waals surface area contributed by atoms with Crippen molar-refractivity contribution in [1.82, 2.24) is 25.1 Å². The summed E-state index contributed by atoms with van der Waals surface area (Å²) < 4.78 is 39.0. The maximum atomic E-state index is 13.0. The first-order valence-electron chi connectivity index (χ1n) is 11.5. The third-order valence-corrected chi connectivity index (χ3v) is 6.13. The number of aromatic nitrogens is 2. The average molecular weight is 497 g/mol. The van der Waals surface area contributed by atoms with E-state index in [9.17, 15) is 22.8 Å². The SMILES string of the molecule is CN(C)C(=O)O.O=C(CNc1ncnc2ccc(C(F)(F)F)cc12)NC1CN(C2CCCCC2)C1. The standard InChI is InChI=1S/C20H24F3N5O.C3H7NO2/c21-20(22,23)13-6-7-17-16(8-13)19(26-12-25-17)24-9-18(29)27-14-10-28(11-14)15-4-2-1-3-5-15;1-4(2)3(5)6/h6-8,12,14-15H,1-5,9-11H2,(H,27,29)(H,24,25,26);1-2H3,(H,5,6). The van der Waals surface area contributed by atoms with E-state index < -0.39 is 17.8 Å². The molecule has 1 aliphatic carbocycles. The van der Waals surface area contributed by atoms with Gasteiger partial charge in [-0.1, -0.05) is 19.3 Å². The van der Waals surface area contributed by atoms with Crippen LogP contribution in [0.4, 0.5) is 23.8 Å². The summed E-state index contributed by atoms with van der Waals surface area (Å²) in [5.74, 6) is 0.0192. The fraction of sp³-hybridized carbons (Fsp3) is 0.565. The number of carboxylic acid groups (broad SMARTS) is 1. The monoisotopic (exact) mass is 496 g/mol. The first-order chi connectivity index (χ1) is 16.5. The summed E-state index contributed by atoms with van der Waals surface area (Å²) >= 11 is 0. The van der Waals surface area contributed by atoms with Gasteiger partial charge in [0.15, 0.2) is 0 Å². The Labute approximate surface area is 201 Å². The number of anilines is 1. The van der Waals surface area contributed by atoms with Gasteiger partial charge in [-0.15, -0.1) is 0 Å². The Bertz CT molecular complexity index is 1020. The van der Waals surface area contributed by atoms with E-state index in [0.717, 1.165) is 30.1 Å². The Kier molecular flexibility index (Phi) is 8.71. The summed E-state index contributed by atoms with van der Waals surface area (Å²) in [7, 11) is 2.95. The lowest BCUT2D eigenvalue weighted by molar-refractivity contribution is -0.137. The van der Waals surface area contributed by atoms with Crippen LogP contribution in [0.25, 0.3) is 10.9 Å². The van der Waals surface area contributed by atoms with Gasteiger partial charge in [-0.25, -0.2) is 14.8 Å². The first kappa shape index (κ1) is 26.5. The van der Waals surface area contributed by atoms with E-state index in [-0.39, 0.29) is 29.7 Å². The van der Waals surface area contributed by atoms with Crippen LogP contribution in [0.2, 0.25) is 0 Å². The summed E-state index contributed by atoms with van der Waals surface area (Å²) in [6, 6.07) is 4.07. The van der Waals surface area contributed by atoms with Crippen molar-refractivity contribution in [2.45, 2.75) is 50.4 Å². The second-order valence-corrected chi connectivity index (χ2v) is 8.99. The number of alkyl halides is 3. The zero-order valence-corrected chi connectivity index (χ0v) is 19.8. The predicted octanol–water partition coefficient (Wildman–Crippen LogP) is 3.42. The number of nitrogens with zero attached hydrogens (tertiary/aromatic N) is 4. The molecule has 1 saturated heterocycles. The van der Waals surface area contributed by atoms with Crippen molar-refractivity contribution in [3.63, 3.8) is 0 Å². The molecule has 1 saturated carbocycles. The van der Waals surface area contributed by atoms with Gasteiger partial charge in [0.25, 0.3) is 0 Å². The van der Waals surface area contributed by atoms with Crippen LogP contribution in [0.3, 0.4) is 0 Å². The Morgan fingerprint density at radius 2 is 1.80 bits per heavy atom. The summed E-state index contributed by atoms with van der Waals surface area (Å²) in [5, 5.41) is 14.0. The number of amides is 2. The van der Waals surface area contributed by atoms with Crippen molar-refractivity contribution in [1.29, 1.82) is 0 Å². The number of nitrogens with one attached hydrogen (secondary N) is 2. The molecule has 192 valence electrons. The van der Waals surface area contributed by atoms with Crippen molar-refractivity contribution < 1.29 is 27.9 Å². The number of fused-ring (bicyclic) bond motifs is 1. The lowest BCUT2D eigenvalue weighted by Crippen LogP contribution is -2.62. The quantitative estimate of drug-likeness (QED) is 0.582. The van der Waals surface area contributed by atoms with Crippen LogP contribution in [0, 0.1) is 0 Å². The zero-order valence-electron chi connectivity index (χ0n) is 19.8. The number of hydrogen-bond acceptors (Lipinski definition) is 6. The molecule has 2 aromatic rings. The second kappa shape index (κ2) is 11.5. The minimum absolute atomic E-state index is 0.0533. The molecule has 2 amide bonds. The summed E-state index contributed by atoms with van der Waals surface area (Å²) in [6.45, 7) is 1.67. The van der Waals surface area contributed by atoms with E-state index in [2.05, 4.69) is 25.5 Å². The van der Waals surface area contributed by atoms with Gasteiger partial charge in [-0.3, -0.25) is 9.69 Å². The van der Waals surface area contributed by atoms with Gasteiger partial charge in [-0.05, 0) is 31.0 Å². The highest BCUT2D eigenvalue weighted by Crippen LogP contribution is 2.32. The van der Waals surface area contributed by atoms with Gasteiger partial charge in [0.2, 0.25) is 5.91 Å². The molecular formula is C23H31F3N6O3. The molecule has 1 aromatic carbocycles. The molecule has 9 nitrogen and oxygen atoms in total. The molecule has 2 aliphatic rings. The zero-order chi connectivity index (χ0) is 25.6. The van der Waals surface area contributed by atoms with Crippen LogP contribution in [0.15, 0.2) is 24.5 Å². The van der Waals surface area contributed by atoms with Crippen LogP contribution >= 0.6 is 0 Å². The van der Waals surface area contributed by atoms with Gasteiger partial charge >= 0.3 is 12.3 Å². The second-order valence-electron chi connectivity index (χ2n) is 8.99. The summed E-state index contributed by atoms with van der Waals surface area (Å²) in [5.41, 5.74) is -0.386. The summed E-state index contributed by atoms with van der Waals surface area (Å²) in [6.07, 6.45) is 2.27. The molecular weight excluding hydrogens is 465 g/mol. The normalized spacial score (nSPS) is 17.2. The molecule has 0 radical (unpaired) electrons. The highest BCUT2D eigenvalue weighted by molar-refractivity contribution is 5.91. The van der Waals surface area contributed by atoms with E-state index in [4.69, 9.17) is 5.11 Å². The van der Waals surface area contributed by atoms with Gasteiger partial charge in [-0.2, -0.15) is 13.2 Å². The fourth-order valence-corrected chi connectivity index (χ4v) is 4.16. The topological polar surface area (TPSA) is 111 Å². The van der Waals surface area contributed by atoms with Gasteiger partial charge in [0, 0.05) is 38.6 Å². The van der Waals surface area contributed by atoms with Crippen LogP contribution in [-0.2, 0) is 11.0 Å². The molecule has 0 bridgehead atoms. The maximum Gasteiger partial charge on any atom is 0.416 e. The number of benzene rings is 1. The van der Waals surface area contributed by atoms with Crippen molar-refractivity contribution in [3.05, 3.63) is 30.1 Å². The molecule has 0 unspecified atom stereocenters. The summed E-state index contributed by atoms with van der Waals surface area (Å²) in [4.78, 5) is 33.4. The molecule has 1 aromatic heterocycles. The third-order valence-electron chi connectivity index (χ3n) is 6.13. The van der Waals surface area contributed by atoms with E-state index in [1.165, 1.54) is 58.6 Å². The van der Waals surface area contributed by atoms with Crippen LogP contribution < -0.4 is 10.6 Å². The minimum atomic E-state index is -4.45. The van der Waals surface area contributed by atoms with Crippen molar-refractivity contribution >= 4 is 28.7 Å². The van der Waals surface area contributed by atoms with Gasteiger partial charge in [0.1, 0.15) is 12.1 Å². The molecule has 1 aliphatic heterocycles. The van der Waals surface area contributed by atoms with E-state index in [1.54, 1.807) is 0 Å². The van der Waals surface area contributed by atoms with Crippen LogP contribution in [-0.4, -0.2) is 82.7 Å². The lowest BCUT2D eigenvalue weighted by Gasteiger charge is -2.45. The number of carbonyl (C=O) groups is 2. The molecule has 2 fully saturated rings. The van der Waals surface area contributed by atoms with Gasteiger partial charge in [0.05, 0.1) is 23.7 Å². The number of rotatable bonds is 5. The highest BCUT2D eigenvalue weighted by Gasteiger charge is 2.33. The largest absolute Gasteiger partial charge is 0.465 e. The number of halogens is 3. The average Bonchev–Trinajstić information content (AvgIpc) is 2.79. The number of likely N-dealkylation sites (tertiary alicyclic amines) is 1. The van der Waals surface area contributed by atoms with Crippen molar-refractivity contribution in [2.24, 2.45) is 0 Å². The number of hydrogen-bond donors (Lipinski definition) is 3. The Morgan fingerprint density at radius 1 is 1.14 bits per heavy atom. The Balaban J connectivity index is 0.000000509. The minimum Gasteiger partial charge on any atom is -0.465 e. The fourth-order valence-electron chi connectivity index (χ4n) is 4.16. The number of carbonyl (C=O) groups excluding carboxylic acids is 1. The molecule has 0 atom stereocenters. The van der Waals surface area contributed by atoms with E-state index >= 15 is 0 Å². The first-order valence-corrected chi connectivity index (χ1v) is 11.5. The van der Waals surface area contributed by atoms with Crippen LogP contribution in [0.5, 0.6) is 0 Å². The maximum absolute atomic E-state index is 13.0. The molecule has 0 spiro atoms. The molecule has 4 rings (SSSR count). The molecule has 35 heavy (non-hydrogen) atoms. The van der Waals surface area contributed by atoms with Crippen LogP contribution in [0.1, 0.15) is 37.7 Å².